The molecule has 0 saturated heterocycles. The maximum atomic E-state index is 11.9. The van der Waals surface area contributed by atoms with Gasteiger partial charge in [-0.3, -0.25) is 9.37 Å². The fourth-order valence-electron chi connectivity index (χ4n) is 1.98. The first-order valence-corrected chi connectivity index (χ1v) is 7.03. The number of amides is 1. The van der Waals surface area contributed by atoms with Gasteiger partial charge < -0.3 is 5.32 Å². The highest BCUT2D eigenvalue weighted by atomic mass is 35.5. The number of nitrogens with zero attached hydrogens (tertiary/aromatic N) is 2. The van der Waals surface area contributed by atoms with Crippen molar-refractivity contribution in [2.45, 2.75) is 31.9 Å². The molecule has 0 radical (unpaired) electrons. The Bertz CT molecular complexity index is 371. The fraction of sp³-hybridized carbons (Fsp3) is 0.833. The summed E-state index contributed by atoms with van der Waals surface area (Å²) in [6.45, 7) is 2.76. The van der Waals surface area contributed by atoms with Gasteiger partial charge in [-0.25, -0.2) is 4.90 Å². The lowest BCUT2D eigenvalue weighted by atomic mass is 10.2. The van der Waals surface area contributed by atoms with Crippen LogP contribution in [0.4, 0.5) is 13.2 Å². The summed E-state index contributed by atoms with van der Waals surface area (Å²) in [4.78, 5) is 12.6. The van der Waals surface area contributed by atoms with Crippen LogP contribution in [0.1, 0.15) is 25.7 Å². The normalized spacial score (nSPS) is 15.9. The summed E-state index contributed by atoms with van der Waals surface area (Å²) in [5.41, 5.74) is 0. The third-order valence-corrected chi connectivity index (χ3v) is 3.71. The summed E-state index contributed by atoms with van der Waals surface area (Å²) >= 11 is 6.08. The van der Waals surface area contributed by atoms with Crippen molar-refractivity contribution in [3.8, 4) is 0 Å². The van der Waals surface area contributed by atoms with E-state index in [9.17, 15) is 18.0 Å². The monoisotopic (exact) mass is 314 g/mol. The Morgan fingerprint density at radius 1 is 1.35 bits per heavy atom. The van der Waals surface area contributed by atoms with Gasteiger partial charge in [-0.15, -0.1) is 0 Å². The van der Waals surface area contributed by atoms with Gasteiger partial charge in [0, 0.05) is 18.1 Å². The van der Waals surface area contributed by atoms with E-state index in [1.165, 1.54) is 0 Å². The first-order valence-electron chi connectivity index (χ1n) is 6.66. The molecule has 0 bridgehead atoms. The standard InChI is InChI=1S/C12H19ClF3N3O/c1-18-8-9-19(11(18)13)7-5-3-2-4-6-17-10(20)12(14,15)16/h2-9H2,1H3/p+1. The van der Waals surface area contributed by atoms with Gasteiger partial charge >= 0.3 is 17.4 Å². The van der Waals surface area contributed by atoms with E-state index < -0.39 is 12.1 Å². The predicted molar refractivity (Wildman–Crippen MR) is 71.0 cm³/mol. The highest BCUT2D eigenvalue weighted by Crippen LogP contribution is 2.14. The molecule has 0 fully saturated rings. The van der Waals surface area contributed by atoms with Crippen LogP contribution in [0.5, 0.6) is 0 Å². The summed E-state index contributed by atoms with van der Waals surface area (Å²) in [6, 6.07) is 0. The average Bonchev–Trinajstić information content (AvgIpc) is 2.68. The van der Waals surface area contributed by atoms with E-state index in [1.54, 1.807) is 0 Å². The van der Waals surface area contributed by atoms with Crippen LogP contribution >= 0.6 is 11.6 Å². The van der Waals surface area contributed by atoms with E-state index >= 15 is 0 Å². The van der Waals surface area contributed by atoms with Crippen LogP contribution in [0.2, 0.25) is 0 Å². The number of hydrogen-bond donors (Lipinski definition) is 1. The lowest BCUT2D eigenvalue weighted by Crippen LogP contribution is -2.37. The molecule has 1 N–H and O–H groups in total. The molecule has 116 valence electrons. The molecule has 1 rings (SSSR count). The van der Waals surface area contributed by atoms with Crippen molar-refractivity contribution in [2.24, 2.45) is 0 Å². The highest BCUT2D eigenvalue weighted by molar-refractivity contribution is 6.63. The maximum absolute atomic E-state index is 11.9. The van der Waals surface area contributed by atoms with E-state index in [2.05, 4.69) is 4.90 Å². The molecular weight excluding hydrogens is 295 g/mol. The van der Waals surface area contributed by atoms with Crippen LogP contribution in [0.15, 0.2) is 0 Å². The van der Waals surface area contributed by atoms with Gasteiger partial charge in [-0.2, -0.15) is 13.2 Å². The summed E-state index contributed by atoms with van der Waals surface area (Å²) in [7, 11) is 1.94. The van der Waals surface area contributed by atoms with E-state index in [0.717, 1.165) is 44.2 Å². The molecule has 0 aromatic heterocycles. The third-order valence-electron chi connectivity index (χ3n) is 3.18. The van der Waals surface area contributed by atoms with E-state index in [1.807, 2.05) is 16.9 Å². The van der Waals surface area contributed by atoms with Gasteiger partial charge in [0.15, 0.2) is 0 Å². The van der Waals surface area contributed by atoms with E-state index in [4.69, 9.17) is 11.6 Å². The Morgan fingerprint density at radius 2 is 2.00 bits per heavy atom. The van der Waals surface area contributed by atoms with Gasteiger partial charge in [0.1, 0.15) is 13.1 Å². The minimum atomic E-state index is -4.78. The molecular formula is C12H20ClF3N3O+. The molecule has 1 aliphatic heterocycles. The second-order valence-corrected chi connectivity index (χ2v) is 5.18. The molecule has 0 aromatic rings. The Balaban J connectivity index is 2.00. The molecule has 0 spiro atoms. The lowest BCUT2D eigenvalue weighted by Gasteiger charge is -2.09. The Kier molecular flexibility index (Phi) is 6.58. The molecule has 0 aromatic carbocycles. The topological polar surface area (TPSA) is 35.4 Å². The van der Waals surface area contributed by atoms with Crippen molar-refractivity contribution in [3.63, 3.8) is 0 Å². The first-order chi connectivity index (χ1) is 9.32. The largest absolute Gasteiger partial charge is 0.471 e. The fourth-order valence-corrected chi connectivity index (χ4v) is 2.24. The molecule has 8 heteroatoms. The molecule has 0 unspecified atom stereocenters. The Hall–Kier alpha value is -0.980. The number of amidine groups is 1. The molecule has 1 heterocycles. The number of nitrogens with one attached hydrogen (secondary N) is 1. The van der Waals surface area contributed by atoms with Gasteiger partial charge in [-0.05, 0) is 19.3 Å². The van der Waals surface area contributed by atoms with E-state index in [0.29, 0.717) is 6.42 Å². The number of carbonyl (C=O) groups is 1. The zero-order valence-corrected chi connectivity index (χ0v) is 12.2. The van der Waals surface area contributed by atoms with Crippen molar-refractivity contribution in [2.75, 3.05) is 33.2 Å². The van der Waals surface area contributed by atoms with Crippen molar-refractivity contribution in [3.05, 3.63) is 0 Å². The van der Waals surface area contributed by atoms with Crippen LogP contribution < -0.4 is 5.32 Å². The van der Waals surface area contributed by atoms with E-state index in [-0.39, 0.29) is 6.54 Å². The Morgan fingerprint density at radius 3 is 2.55 bits per heavy atom. The second kappa shape index (κ2) is 7.71. The van der Waals surface area contributed by atoms with Gasteiger partial charge in [-0.1, -0.05) is 6.42 Å². The maximum Gasteiger partial charge on any atom is 0.471 e. The van der Waals surface area contributed by atoms with Crippen molar-refractivity contribution in [1.82, 2.24) is 10.2 Å². The zero-order chi connectivity index (χ0) is 15.2. The summed E-state index contributed by atoms with van der Waals surface area (Å²) in [5, 5.41) is 2.61. The Labute approximate surface area is 121 Å². The second-order valence-electron chi connectivity index (χ2n) is 4.85. The smallest absolute Gasteiger partial charge is 0.348 e. The van der Waals surface area contributed by atoms with Crippen LogP contribution in [0.25, 0.3) is 0 Å². The quantitative estimate of drug-likeness (QED) is 0.442. The molecule has 0 aliphatic carbocycles. The van der Waals surface area contributed by atoms with Crippen LogP contribution in [0, 0.1) is 0 Å². The number of hydrogen-bond acceptors (Lipinski definition) is 2. The zero-order valence-electron chi connectivity index (χ0n) is 11.5. The molecule has 0 atom stereocenters. The van der Waals surface area contributed by atoms with Crippen LogP contribution in [-0.4, -0.2) is 60.1 Å². The SMILES string of the molecule is C[N+]1=C(Cl)N(CCCCCCNC(=O)C(F)(F)F)CC1. The van der Waals surface area contributed by atoms with Crippen LogP contribution in [0.3, 0.4) is 0 Å². The first kappa shape index (κ1) is 17.1. The minimum Gasteiger partial charge on any atom is -0.348 e. The number of alkyl halides is 3. The number of halogens is 4. The molecule has 0 saturated carbocycles. The predicted octanol–water partition coefficient (Wildman–Crippen LogP) is 1.78. The van der Waals surface area contributed by atoms with Gasteiger partial charge in [0.25, 0.3) is 0 Å². The number of carbonyl (C=O) groups excluding carboxylic acids is 1. The number of rotatable bonds is 7. The summed E-state index contributed by atoms with van der Waals surface area (Å²) < 4.78 is 37.6. The molecule has 20 heavy (non-hydrogen) atoms. The van der Waals surface area contributed by atoms with Crippen molar-refractivity contribution < 1.29 is 22.5 Å². The number of unbranched alkanes of at least 4 members (excludes halogenated alkanes) is 3. The van der Waals surface area contributed by atoms with Gasteiger partial charge in [0.05, 0.1) is 13.6 Å². The third kappa shape index (κ3) is 5.56. The summed E-state index contributed by atoms with van der Waals surface area (Å²) in [6.07, 6.45) is -1.59. The van der Waals surface area contributed by atoms with Crippen LogP contribution in [-0.2, 0) is 4.79 Å². The molecule has 1 amide bonds. The molecule has 1 aliphatic rings. The van der Waals surface area contributed by atoms with Gasteiger partial charge in [0.2, 0.25) is 0 Å². The minimum absolute atomic E-state index is 0.0671. The molecule has 4 nitrogen and oxygen atoms in total. The summed E-state index contributed by atoms with van der Waals surface area (Å²) in [5.74, 6) is -1.86. The number of likely N-dealkylation sites (N-methyl/N-ethyl adjacent to an activating group) is 1. The lowest BCUT2D eigenvalue weighted by molar-refractivity contribution is -0.484. The van der Waals surface area contributed by atoms with Crippen molar-refractivity contribution in [1.29, 1.82) is 0 Å². The highest BCUT2D eigenvalue weighted by Gasteiger charge is 2.38. The van der Waals surface area contributed by atoms with Crippen molar-refractivity contribution >= 4 is 22.8 Å². The average molecular weight is 315 g/mol.